The van der Waals surface area contributed by atoms with Gasteiger partial charge in [-0.25, -0.2) is 0 Å². The zero-order valence-corrected chi connectivity index (χ0v) is 34.7. The second kappa shape index (κ2) is 42.6. The molecule has 0 aromatic carbocycles. The molecular formula is C47H85NO5. The monoisotopic (exact) mass is 744 g/mol. The first-order valence-corrected chi connectivity index (χ1v) is 22.4. The molecule has 0 radical (unpaired) electrons. The highest BCUT2D eigenvalue weighted by atomic mass is 16.5. The molecular weight excluding hydrogens is 659 g/mol. The highest BCUT2D eigenvalue weighted by Crippen LogP contribution is 2.13. The number of nitrogens with one attached hydrogen (secondary N) is 1. The summed E-state index contributed by atoms with van der Waals surface area (Å²) >= 11 is 0. The van der Waals surface area contributed by atoms with E-state index in [2.05, 4.69) is 49.5 Å². The van der Waals surface area contributed by atoms with Gasteiger partial charge in [0.2, 0.25) is 5.91 Å². The number of esters is 1. The first-order chi connectivity index (χ1) is 26.0. The number of hydrogen-bond donors (Lipinski definition) is 3. The third kappa shape index (κ3) is 39.3. The molecule has 6 heteroatoms. The van der Waals surface area contributed by atoms with Gasteiger partial charge in [-0.15, -0.1) is 0 Å². The number of hydrogen-bond acceptors (Lipinski definition) is 5. The molecule has 0 spiro atoms. The maximum atomic E-state index is 12.3. The van der Waals surface area contributed by atoms with Gasteiger partial charge in [0.05, 0.1) is 25.4 Å². The molecule has 53 heavy (non-hydrogen) atoms. The quantitative estimate of drug-likeness (QED) is 0.0330. The van der Waals surface area contributed by atoms with Crippen molar-refractivity contribution < 1.29 is 24.5 Å². The van der Waals surface area contributed by atoms with Crippen molar-refractivity contribution in [1.82, 2.24) is 5.32 Å². The molecule has 0 aromatic rings. The molecule has 2 atom stereocenters. The number of aliphatic hydroxyl groups excluding tert-OH is 2. The molecule has 0 bridgehead atoms. The number of ether oxygens (including phenoxy) is 1. The molecule has 1 amide bonds. The standard InChI is InChI=1S/C47H85NO5/c1-3-5-7-9-11-13-15-20-23-27-31-35-39-45(50)44(43-49)48-46(51)40-36-32-28-24-21-17-16-18-22-26-30-34-38-42-53-47(52)41-37-33-29-25-19-14-12-10-8-6-4-2/h10,12,17,21,28,32,35,39,44-45,49-50H,3-9,11,13-16,18-20,22-27,29-31,33-34,36-38,40-43H2,1-2H3,(H,48,51)/b12-10-,21-17-,32-28-,39-35+. The predicted octanol–water partition coefficient (Wildman–Crippen LogP) is 12.7. The van der Waals surface area contributed by atoms with Crippen molar-refractivity contribution in [2.75, 3.05) is 13.2 Å². The van der Waals surface area contributed by atoms with Crippen LogP contribution < -0.4 is 5.32 Å². The van der Waals surface area contributed by atoms with Gasteiger partial charge in [-0.3, -0.25) is 9.59 Å². The fraction of sp³-hybridized carbons (Fsp3) is 0.787. The van der Waals surface area contributed by atoms with E-state index in [1.807, 2.05) is 12.2 Å². The van der Waals surface area contributed by atoms with Crippen LogP contribution in [-0.4, -0.2) is 47.4 Å². The Labute approximate surface area is 327 Å². The molecule has 0 fully saturated rings. The van der Waals surface area contributed by atoms with Gasteiger partial charge in [-0.1, -0.05) is 178 Å². The Morgan fingerprint density at radius 3 is 1.55 bits per heavy atom. The van der Waals surface area contributed by atoms with Crippen molar-refractivity contribution in [3.05, 3.63) is 48.6 Å². The lowest BCUT2D eigenvalue weighted by Crippen LogP contribution is -2.45. The Balaban J connectivity index is 3.63. The van der Waals surface area contributed by atoms with Crippen LogP contribution in [0.15, 0.2) is 48.6 Å². The third-order valence-corrected chi connectivity index (χ3v) is 9.83. The van der Waals surface area contributed by atoms with Crippen LogP contribution in [0.4, 0.5) is 0 Å². The van der Waals surface area contributed by atoms with Crippen LogP contribution in [0.5, 0.6) is 0 Å². The Morgan fingerprint density at radius 2 is 0.981 bits per heavy atom. The van der Waals surface area contributed by atoms with Gasteiger partial charge in [-0.2, -0.15) is 0 Å². The van der Waals surface area contributed by atoms with Crippen molar-refractivity contribution in [2.24, 2.45) is 0 Å². The summed E-state index contributed by atoms with van der Waals surface area (Å²) in [5, 5.41) is 22.9. The Morgan fingerprint density at radius 1 is 0.528 bits per heavy atom. The summed E-state index contributed by atoms with van der Waals surface area (Å²) in [5.41, 5.74) is 0. The second-order valence-corrected chi connectivity index (χ2v) is 15.0. The van der Waals surface area contributed by atoms with Gasteiger partial charge in [0.25, 0.3) is 0 Å². The molecule has 0 rings (SSSR count). The maximum Gasteiger partial charge on any atom is 0.305 e. The summed E-state index contributed by atoms with van der Waals surface area (Å²) in [6.07, 6.45) is 51.1. The zero-order valence-electron chi connectivity index (χ0n) is 34.7. The van der Waals surface area contributed by atoms with E-state index in [1.54, 1.807) is 6.08 Å². The number of rotatable bonds is 40. The predicted molar refractivity (Wildman–Crippen MR) is 227 cm³/mol. The largest absolute Gasteiger partial charge is 0.466 e. The van der Waals surface area contributed by atoms with Gasteiger partial charge in [0, 0.05) is 12.8 Å². The van der Waals surface area contributed by atoms with E-state index in [4.69, 9.17) is 4.74 Å². The minimum atomic E-state index is -0.878. The Hall–Kier alpha value is -2.18. The van der Waals surface area contributed by atoms with Crippen LogP contribution in [0.3, 0.4) is 0 Å². The normalized spacial score (nSPS) is 13.2. The average molecular weight is 744 g/mol. The van der Waals surface area contributed by atoms with E-state index < -0.39 is 12.1 Å². The molecule has 6 nitrogen and oxygen atoms in total. The smallest absolute Gasteiger partial charge is 0.305 e. The van der Waals surface area contributed by atoms with Crippen molar-refractivity contribution in [2.45, 2.75) is 225 Å². The van der Waals surface area contributed by atoms with Gasteiger partial charge >= 0.3 is 5.97 Å². The van der Waals surface area contributed by atoms with Crippen molar-refractivity contribution in [1.29, 1.82) is 0 Å². The molecule has 0 saturated carbocycles. The Kier molecular flexibility index (Phi) is 40.8. The summed E-state index contributed by atoms with van der Waals surface area (Å²) in [5.74, 6) is -0.183. The fourth-order valence-corrected chi connectivity index (χ4v) is 6.31. The van der Waals surface area contributed by atoms with Crippen LogP contribution in [0, 0.1) is 0 Å². The zero-order chi connectivity index (χ0) is 38.7. The number of carbonyl (C=O) groups excluding carboxylic acids is 2. The van der Waals surface area contributed by atoms with Crippen molar-refractivity contribution >= 4 is 11.9 Å². The minimum absolute atomic E-state index is 0.0312. The van der Waals surface area contributed by atoms with Crippen LogP contribution in [0.25, 0.3) is 0 Å². The van der Waals surface area contributed by atoms with E-state index in [0.717, 1.165) is 51.4 Å². The van der Waals surface area contributed by atoms with Gasteiger partial charge in [0.1, 0.15) is 0 Å². The van der Waals surface area contributed by atoms with Gasteiger partial charge in [0.15, 0.2) is 0 Å². The lowest BCUT2D eigenvalue weighted by atomic mass is 10.1. The molecule has 3 N–H and O–H groups in total. The molecule has 0 aromatic heterocycles. The highest BCUT2D eigenvalue weighted by molar-refractivity contribution is 5.76. The van der Waals surface area contributed by atoms with Crippen molar-refractivity contribution in [3.63, 3.8) is 0 Å². The Bertz CT molecular complexity index is 911. The number of amides is 1. The summed E-state index contributed by atoms with van der Waals surface area (Å²) < 4.78 is 5.41. The summed E-state index contributed by atoms with van der Waals surface area (Å²) in [7, 11) is 0. The molecule has 0 saturated heterocycles. The number of carbonyl (C=O) groups is 2. The van der Waals surface area contributed by atoms with Gasteiger partial charge in [-0.05, 0) is 70.6 Å². The summed E-state index contributed by atoms with van der Waals surface area (Å²) in [4.78, 5) is 24.3. The minimum Gasteiger partial charge on any atom is -0.466 e. The molecule has 2 unspecified atom stereocenters. The van der Waals surface area contributed by atoms with E-state index in [-0.39, 0.29) is 18.5 Å². The molecule has 0 aliphatic rings. The first kappa shape index (κ1) is 50.8. The number of aliphatic hydroxyl groups is 2. The fourth-order valence-electron chi connectivity index (χ4n) is 6.31. The van der Waals surface area contributed by atoms with Crippen molar-refractivity contribution in [3.8, 4) is 0 Å². The third-order valence-electron chi connectivity index (χ3n) is 9.83. The molecule has 0 heterocycles. The average Bonchev–Trinajstić information content (AvgIpc) is 3.16. The molecule has 0 aliphatic carbocycles. The van der Waals surface area contributed by atoms with Crippen LogP contribution >= 0.6 is 0 Å². The lowest BCUT2D eigenvalue weighted by Gasteiger charge is -2.19. The van der Waals surface area contributed by atoms with Gasteiger partial charge < -0.3 is 20.3 Å². The first-order valence-electron chi connectivity index (χ1n) is 22.4. The number of allylic oxidation sites excluding steroid dienone is 7. The van der Waals surface area contributed by atoms with Crippen LogP contribution in [0.1, 0.15) is 213 Å². The summed E-state index contributed by atoms with van der Waals surface area (Å²) in [6, 6.07) is -0.671. The number of unbranched alkanes of at least 4 members (excludes halogenated alkanes) is 23. The molecule has 0 aliphatic heterocycles. The second-order valence-electron chi connectivity index (χ2n) is 15.0. The SMILES string of the molecule is CCCC/C=C\CCCCCCCC(=O)OCCCCCCCC/C=C\C/C=C\CCC(=O)NC(CO)C(O)/C=C/CCCCCCCCCCCC. The highest BCUT2D eigenvalue weighted by Gasteiger charge is 2.17. The van der Waals surface area contributed by atoms with E-state index in [9.17, 15) is 19.8 Å². The summed E-state index contributed by atoms with van der Waals surface area (Å²) in [6.45, 7) is 4.76. The van der Waals surface area contributed by atoms with Crippen LogP contribution in [0.2, 0.25) is 0 Å². The van der Waals surface area contributed by atoms with E-state index >= 15 is 0 Å². The van der Waals surface area contributed by atoms with E-state index in [0.29, 0.717) is 25.9 Å². The molecule has 308 valence electrons. The maximum absolute atomic E-state index is 12.3. The van der Waals surface area contributed by atoms with Crippen LogP contribution in [-0.2, 0) is 14.3 Å². The van der Waals surface area contributed by atoms with E-state index in [1.165, 1.54) is 128 Å². The topological polar surface area (TPSA) is 95.9 Å². The lowest BCUT2D eigenvalue weighted by molar-refractivity contribution is -0.143.